The number of ether oxygens (including phenoxy) is 2. The van der Waals surface area contributed by atoms with Crippen molar-refractivity contribution in [3.8, 4) is 5.75 Å². The smallest absolute Gasteiger partial charge is 0.338 e. The highest BCUT2D eigenvalue weighted by atomic mass is 79.9. The van der Waals surface area contributed by atoms with Gasteiger partial charge >= 0.3 is 5.97 Å². The predicted molar refractivity (Wildman–Crippen MR) is 144 cm³/mol. The summed E-state index contributed by atoms with van der Waals surface area (Å²) in [7, 11) is 1.34. The fourth-order valence-electron chi connectivity index (χ4n) is 3.94. The minimum Gasteiger partial charge on any atom is -0.488 e. The van der Waals surface area contributed by atoms with Crippen LogP contribution in [0.2, 0.25) is 0 Å². The fourth-order valence-corrected chi connectivity index (χ4v) is 6.32. The molecule has 0 spiro atoms. The van der Waals surface area contributed by atoms with E-state index in [0.29, 0.717) is 39.4 Å². The first-order valence-electron chi connectivity index (χ1n) is 10.8. The molecule has 2 aromatic carbocycles. The molecule has 180 valence electrons. The van der Waals surface area contributed by atoms with Crippen LogP contribution in [-0.2, 0) is 9.53 Å². The third kappa shape index (κ3) is 4.98. The summed E-state index contributed by atoms with van der Waals surface area (Å²) in [6, 6.07) is 12.6. The van der Waals surface area contributed by atoms with Crippen molar-refractivity contribution in [2.45, 2.75) is 19.4 Å². The molecule has 1 atom stereocenters. The number of nitrogens with zero attached hydrogens (tertiary/aromatic N) is 2. The van der Waals surface area contributed by atoms with Crippen molar-refractivity contribution in [2.24, 2.45) is 4.99 Å². The van der Waals surface area contributed by atoms with Gasteiger partial charge in [-0.1, -0.05) is 77.2 Å². The Labute approximate surface area is 223 Å². The van der Waals surface area contributed by atoms with Gasteiger partial charge in [-0.25, -0.2) is 9.79 Å². The molecule has 1 aliphatic heterocycles. The van der Waals surface area contributed by atoms with Crippen LogP contribution in [0.15, 0.2) is 85.1 Å². The Kier molecular flexibility index (Phi) is 7.88. The number of hydrogen-bond donors (Lipinski definition) is 0. The first-order valence-corrected chi connectivity index (χ1v) is 13.2. The average Bonchev–Trinajstić information content (AvgIpc) is 3.16. The third-order valence-electron chi connectivity index (χ3n) is 5.43. The van der Waals surface area contributed by atoms with Crippen LogP contribution >= 0.6 is 43.2 Å². The van der Waals surface area contributed by atoms with Crippen LogP contribution in [0.25, 0.3) is 6.08 Å². The number of allylic oxidation sites excluding steroid dienone is 1. The van der Waals surface area contributed by atoms with Gasteiger partial charge in [0.1, 0.15) is 12.4 Å². The van der Waals surface area contributed by atoms with Gasteiger partial charge in [0, 0.05) is 10.0 Å². The zero-order valence-electron chi connectivity index (χ0n) is 19.1. The highest BCUT2D eigenvalue weighted by molar-refractivity contribution is 9.11. The molecular formula is C26H22Br2N2O4S. The molecule has 4 rings (SSSR count). The lowest BCUT2D eigenvalue weighted by atomic mass is 9.95. The number of rotatable bonds is 7. The van der Waals surface area contributed by atoms with Gasteiger partial charge in [0.25, 0.3) is 5.56 Å². The van der Waals surface area contributed by atoms with Gasteiger partial charge in [0.15, 0.2) is 4.80 Å². The molecule has 3 aromatic rings. The zero-order chi connectivity index (χ0) is 25.1. The first-order chi connectivity index (χ1) is 16.9. The van der Waals surface area contributed by atoms with E-state index in [1.807, 2.05) is 49.4 Å². The standard InChI is InChI=1S/C26H22Br2N2O4S/c1-4-11-34-23-16(12-17(27)14-18(23)28)13-20-24(31)30-22(15-9-7-6-8-10-15)21(25(32)33-3)19(5-2)29-26(30)35-20/h4,6-10,12-14,22H,1,5,11H2,2-3H3/b20-13+/t22-/m1/s1. The van der Waals surface area contributed by atoms with Crippen molar-refractivity contribution in [1.82, 2.24) is 4.57 Å². The molecule has 1 aromatic heterocycles. The number of esters is 1. The molecular weight excluding hydrogens is 596 g/mol. The summed E-state index contributed by atoms with van der Waals surface area (Å²) in [6.07, 6.45) is 3.97. The highest BCUT2D eigenvalue weighted by Gasteiger charge is 2.33. The maximum atomic E-state index is 13.8. The van der Waals surface area contributed by atoms with Gasteiger partial charge in [0.05, 0.1) is 33.4 Å². The second kappa shape index (κ2) is 10.9. The second-order valence-corrected chi connectivity index (χ2v) is 10.4. The number of thiazole rings is 1. The van der Waals surface area contributed by atoms with E-state index in [9.17, 15) is 9.59 Å². The van der Waals surface area contributed by atoms with Crippen LogP contribution in [0.5, 0.6) is 5.75 Å². The minimum atomic E-state index is -0.636. The van der Waals surface area contributed by atoms with Gasteiger partial charge in [-0.2, -0.15) is 0 Å². The van der Waals surface area contributed by atoms with Crippen molar-refractivity contribution < 1.29 is 14.3 Å². The minimum absolute atomic E-state index is 0.245. The maximum absolute atomic E-state index is 13.8. The van der Waals surface area contributed by atoms with E-state index in [4.69, 9.17) is 14.5 Å². The molecule has 0 radical (unpaired) electrons. The summed E-state index contributed by atoms with van der Waals surface area (Å²) in [6.45, 7) is 5.96. The number of hydrogen-bond acceptors (Lipinski definition) is 6. The Morgan fingerprint density at radius 3 is 2.66 bits per heavy atom. The van der Waals surface area contributed by atoms with Crippen LogP contribution in [0.3, 0.4) is 0 Å². The Morgan fingerprint density at radius 1 is 1.26 bits per heavy atom. The number of aromatic nitrogens is 1. The summed E-state index contributed by atoms with van der Waals surface area (Å²) in [4.78, 5) is 31.9. The largest absolute Gasteiger partial charge is 0.488 e. The van der Waals surface area contributed by atoms with Crippen LogP contribution in [0.4, 0.5) is 0 Å². The van der Waals surface area contributed by atoms with Crippen molar-refractivity contribution in [3.63, 3.8) is 0 Å². The van der Waals surface area contributed by atoms with E-state index >= 15 is 0 Å². The molecule has 0 N–H and O–H groups in total. The van der Waals surface area contributed by atoms with Crippen LogP contribution in [-0.4, -0.2) is 24.3 Å². The molecule has 35 heavy (non-hydrogen) atoms. The maximum Gasteiger partial charge on any atom is 0.338 e. The van der Waals surface area contributed by atoms with Crippen LogP contribution in [0, 0.1) is 0 Å². The third-order valence-corrected chi connectivity index (χ3v) is 7.46. The normalized spacial score (nSPS) is 15.4. The molecule has 6 nitrogen and oxygen atoms in total. The van der Waals surface area contributed by atoms with E-state index < -0.39 is 12.0 Å². The Hall–Kier alpha value is -2.75. The van der Waals surface area contributed by atoms with Crippen molar-refractivity contribution in [2.75, 3.05) is 13.7 Å². The average molecular weight is 618 g/mol. The lowest BCUT2D eigenvalue weighted by molar-refractivity contribution is -0.136. The van der Waals surface area contributed by atoms with Gasteiger partial charge < -0.3 is 9.47 Å². The molecule has 0 amide bonds. The molecule has 0 unspecified atom stereocenters. The molecule has 2 heterocycles. The number of carbonyl (C=O) groups is 1. The molecule has 9 heteroatoms. The number of benzene rings is 2. The number of methoxy groups -OCH3 is 1. The zero-order valence-corrected chi connectivity index (χ0v) is 23.1. The van der Waals surface area contributed by atoms with Gasteiger partial charge in [-0.3, -0.25) is 9.36 Å². The molecule has 0 fully saturated rings. The first kappa shape index (κ1) is 25.3. The molecule has 0 bridgehead atoms. The number of halogens is 2. The summed E-state index contributed by atoms with van der Waals surface area (Å²) in [5.74, 6) is 0.104. The summed E-state index contributed by atoms with van der Waals surface area (Å²) in [5, 5.41) is 0. The molecule has 0 saturated heterocycles. The molecule has 1 aliphatic rings. The van der Waals surface area contributed by atoms with E-state index in [0.717, 1.165) is 20.1 Å². The fraction of sp³-hybridized carbons (Fsp3) is 0.192. The summed E-state index contributed by atoms with van der Waals surface area (Å²) >= 11 is 8.33. The molecule has 0 saturated carbocycles. The Bertz CT molecular complexity index is 1510. The monoisotopic (exact) mass is 616 g/mol. The van der Waals surface area contributed by atoms with E-state index in [1.54, 1.807) is 16.7 Å². The highest BCUT2D eigenvalue weighted by Crippen LogP contribution is 2.34. The van der Waals surface area contributed by atoms with E-state index in [-0.39, 0.29) is 5.56 Å². The van der Waals surface area contributed by atoms with Crippen molar-refractivity contribution in [1.29, 1.82) is 0 Å². The van der Waals surface area contributed by atoms with Crippen LogP contribution < -0.4 is 19.6 Å². The number of carbonyl (C=O) groups excluding carboxylic acids is 1. The SMILES string of the molecule is C=CCOc1c(Br)cc(Br)cc1/C=c1/sc2n(c1=O)[C@H](c1ccccc1)C(C(=O)OC)=C(CC)N=2. The quantitative estimate of drug-likeness (QED) is 0.280. The van der Waals surface area contributed by atoms with Crippen molar-refractivity contribution in [3.05, 3.63) is 106 Å². The van der Waals surface area contributed by atoms with E-state index in [1.165, 1.54) is 18.4 Å². The van der Waals surface area contributed by atoms with Crippen LogP contribution in [0.1, 0.15) is 30.5 Å². The lowest BCUT2D eigenvalue weighted by Gasteiger charge is -2.25. The summed E-state index contributed by atoms with van der Waals surface area (Å²) < 4.78 is 14.6. The van der Waals surface area contributed by atoms with Crippen molar-refractivity contribution >= 4 is 55.2 Å². The lowest BCUT2D eigenvalue weighted by Crippen LogP contribution is -2.40. The van der Waals surface area contributed by atoms with E-state index in [2.05, 4.69) is 38.4 Å². The van der Waals surface area contributed by atoms with Gasteiger partial charge in [0.2, 0.25) is 0 Å². The Morgan fingerprint density at radius 2 is 2.00 bits per heavy atom. The molecule has 0 aliphatic carbocycles. The van der Waals surface area contributed by atoms with Gasteiger partial charge in [-0.15, -0.1) is 0 Å². The second-order valence-electron chi connectivity index (χ2n) is 7.60. The predicted octanol–water partition coefficient (Wildman–Crippen LogP) is 4.89. The Balaban J connectivity index is 1.99. The van der Waals surface area contributed by atoms with Gasteiger partial charge in [-0.05, 0) is 46.1 Å². The summed E-state index contributed by atoms with van der Waals surface area (Å²) in [5.41, 5.74) is 2.27. The number of fused-ring (bicyclic) bond motifs is 1. The topological polar surface area (TPSA) is 69.9 Å².